The zero-order valence-corrected chi connectivity index (χ0v) is 19.6. The standard InChI is InChI=1S/C22H40O4Si/c1-15-10-13-22(19(23)24,18(14-15)25-7)21(6)12-11-17(16(21)2)26-27(8,9)20(3,4)5/h15,17-18H,2,10-14H2,1,3-9H3,(H,23,24)/t15-,17+,18-,21+,22+/m0/s1. The highest BCUT2D eigenvalue weighted by atomic mass is 28.4. The lowest BCUT2D eigenvalue weighted by Crippen LogP contribution is -2.57. The van der Waals surface area contributed by atoms with Crippen molar-refractivity contribution < 1.29 is 19.1 Å². The maximum atomic E-state index is 12.7. The molecular weight excluding hydrogens is 356 g/mol. The number of aliphatic carboxylic acids is 1. The van der Waals surface area contributed by atoms with E-state index in [0.717, 1.165) is 31.3 Å². The fourth-order valence-electron chi connectivity index (χ4n) is 5.01. The smallest absolute Gasteiger partial charge is 0.313 e. The summed E-state index contributed by atoms with van der Waals surface area (Å²) in [6.45, 7) is 19.9. The molecule has 156 valence electrons. The summed E-state index contributed by atoms with van der Waals surface area (Å²) in [7, 11) is -0.293. The van der Waals surface area contributed by atoms with Gasteiger partial charge in [0.15, 0.2) is 8.32 Å². The summed E-state index contributed by atoms with van der Waals surface area (Å²) in [5.41, 5.74) is -0.463. The average molecular weight is 397 g/mol. The van der Waals surface area contributed by atoms with Gasteiger partial charge in [-0.05, 0) is 61.7 Å². The molecule has 5 atom stereocenters. The minimum Gasteiger partial charge on any atom is -0.481 e. The van der Waals surface area contributed by atoms with E-state index < -0.39 is 25.1 Å². The second kappa shape index (κ2) is 7.31. The van der Waals surface area contributed by atoms with Crippen LogP contribution in [0, 0.1) is 16.7 Å². The van der Waals surface area contributed by atoms with E-state index >= 15 is 0 Å². The number of ether oxygens (including phenoxy) is 1. The Morgan fingerprint density at radius 1 is 1.26 bits per heavy atom. The van der Waals surface area contributed by atoms with Gasteiger partial charge >= 0.3 is 5.97 Å². The molecule has 0 saturated heterocycles. The molecule has 2 aliphatic rings. The molecule has 0 spiro atoms. The van der Waals surface area contributed by atoms with Gasteiger partial charge in [0.05, 0.1) is 12.2 Å². The Labute approximate surface area is 166 Å². The molecule has 2 aliphatic carbocycles. The summed E-state index contributed by atoms with van der Waals surface area (Å²) in [6.07, 6.45) is 3.66. The number of carbonyl (C=O) groups is 1. The van der Waals surface area contributed by atoms with Gasteiger partial charge in [0.1, 0.15) is 5.41 Å². The number of carboxylic acid groups (broad SMARTS) is 1. The molecule has 2 fully saturated rings. The van der Waals surface area contributed by atoms with Crippen molar-refractivity contribution in [3.8, 4) is 0 Å². The quantitative estimate of drug-likeness (QED) is 0.483. The lowest BCUT2D eigenvalue weighted by Gasteiger charge is -2.52. The van der Waals surface area contributed by atoms with Crippen LogP contribution in [-0.4, -0.2) is 38.7 Å². The lowest BCUT2D eigenvalue weighted by atomic mass is 9.53. The van der Waals surface area contributed by atoms with Crippen LogP contribution in [0.3, 0.4) is 0 Å². The van der Waals surface area contributed by atoms with E-state index in [1.54, 1.807) is 7.11 Å². The maximum absolute atomic E-state index is 12.7. The van der Waals surface area contributed by atoms with Crippen LogP contribution in [0.15, 0.2) is 12.2 Å². The van der Waals surface area contributed by atoms with E-state index in [2.05, 4.69) is 54.3 Å². The average Bonchev–Trinajstić information content (AvgIpc) is 2.82. The first-order valence-corrected chi connectivity index (χ1v) is 13.3. The van der Waals surface area contributed by atoms with Gasteiger partial charge in [0, 0.05) is 12.5 Å². The van der Waals surface area contributed by atoms with Gasteiger partial charge < -0.3 is 14.3 Å². The SMILES string of the molecule is C=C1[C@H](O[Si](C)(C)C(C)(C)C)CC[C@@]1(C)[C@]1(C(=O)O)CC[C@H](C)C[C@@H]1OC. The second-order valence-corrected chi connectivity index (χ2v) is 15.4. The van der Waals surface area contributed by atoms with Gasteiger partial charge in [0.25, 0.3) is 0 Å². The van der Waals surface area contributed by atoms with Crippen LogP contribution in [0.25, 0.3) is 0 Å². The van der Waals surface area contributed by atoms with Crippen molar-refractivity contribution in [2.45, 2.75) is 97.1 Å². The van der Waals surface area contributed by atoms with Crippen LogP contribution in [0.4, 0.5) is 0 Å². The minimum atomic E-state index is -1.95. The number of hydrogen-bond acceptors (Lipinski definition) is 3. The molecule has 1 N–H and O–H groups in total. The van der Waals surface area contributed by atoms with Crippen molar-refractivity contribution in [2.75, 3.05) is 7.11 Å². The number of hydrogen-bond donors (Lipinski definition) is 1. The molecule has 2 saturated carbocycles. The van der Waals surface area contributed by atoms with Crippen LogP contribution >= 0.6 is 0 Å². The van der Waals surface area contributed by atoms with Gasteiger partial charge in [-0.3, -0.25) is 4.79 Å². The first-order valence-electron chi connectivity index (χ1n) is 10.4. The van der Waals surface area contributed by atoms with Crippen LogP contribution < -0.4 is 0 Å². The first-order chi connectivity index (χ1) is 12.2. The third-order valence-corrected chi connectivity index (χ3v) is 12.6. The summed E-state index contributed by atoms with van der Waals surface area (Å²) in [4.78, 5) is 12.7. The molecule has 0 aliphatic heterocycles. The zero-order valence-electron chi connectivity index (χ0n) is 18.6. The number of methoxy groups -OCH3 is 1. The fourth-order valence-corrected chi connectivity index (χ4v) is 6.34. The molecule has 0 radical (unpaired) electrons. The Kier molecular flexibility index (Phi) is 6.13. The van der Waals surface area contributed by atoms with Crippen LogP contribution in [-0.2, 0) is 14.0 Å². The minimum absolute atomic E-state index is 0.0519. The molecule has 27 heavy (non-hydrogen) atoms. The predicted molar refractivity (Wildman–Crippen MR) is 112 cm³/mol. The van der Waals surface area contributed by atoms with Gasteiger partial charge in [-0.2, -0.15) is 0 Å². The highest BCUT2D eigenvalue weighted by Crippen LogP contribution is 2.62. The third-order valence-electron chi connectivity index (χ3n) is 8.10. The topological polar surface area (TPSA) is 55.8 Å². The normalized spacial score (nSPS) is 38.2. The van der Waals surface area contributed by atoms with E-state index in [9.17, 15) is 9.90 Å². The Morgan fingerprint density at radius 2 is 1.85 bits per heavy atom. The Bertz CT molecular complexity index is 594. The molecule has 2 rings (SSSR count). The monoisotopic (exact) mass is 396 g/mol. The van der Waals surface area contributed by atoms with Crippen molar-refractivity contribution in [2.24, 2.45) is 16.7 Å². The van der Waals surface area contributed by atoms with Crippen molar-refractivity contribution in [3.63, 3.8) is 0 Å². The highest BCUT2D eigenvalue weighted by Gasteiger charge is 2.64. The maximum Gasteiger partial charge on any atom is 0.313 e. The van der Waals surface area contributed by atoms with Crippen LogP contribution in [0.1, 0.15) is 66.7 Å². The second-order valence-electron chi connectivity index (χ2n) is 10.6. The molecule has 4 nitrogen and oxygen atoms in total. The Balaban J connectivity index is 2.38. The van der Waals surface area contributed by atoms with E-state index in [1.807, 2.05) is 0 Å². The molecule has 0 aromatic heterocycles. The Hall–Kier alpha value is -0.653. The number of carboxylic acids is 1. The molecular formula is C22H40O4Si. The molecule has 0 unspecified atom stereocenters. The summed E-state index contributed by atoms with van der Waals surface area (Å²) in [6, 6.07) is 0. The molecule has 0 aromatic carbocycles. The van der Waals surface area contributed by atoms with Crippen LogP contribution in [0.2, 0.25) is 18.1 Å². The lowest BCUT2D eigenvalue weighted by molar-refractivity contribution is -0.179. The first kappa shape index (κ1) is 22.6. The van der Waals surface area contributed by atoms with Crippen molar-refractivity contribution in [1.82, 2.24) is 0 Å². The van der Waals surface area contributed by atoms with Crippen molar-refractivity contribution in [1.29, 1.82) is 0 Å². The van der Waals surface area contributed by atoms with E-state index in [-0.39, 0.29) is 17.2 Å². The van der Waals surface area contributed by atoms with Gasteiger partial charge in [-0.1, -0.05) is 41.2 Å². The van der Waals surface area contributed by atoms with Gasteiger partial charge in [-0.15, -0.1) is 0 Å². The van der Waals surface area contributed by atoms with Gasteiger partial charge in [-0.25, -0.2) is 0 Å². The summed E-state index contributed by atoms with van der Waals surface area (Å²) >= 11 is 0. The van der Waals surface area contributed by atoms with E-state index in [0.29, 0.717) is 12.3 Å². The molecule has 0 heterocycles. The molecule has 0 amide bonds. The number of rotatable bonds is 5. The van der Waals surface area contributed by atoms with Crippen molar-refractivity contribution >= 4 is 14.3 Å². The Morgan fingerprint density at radius 3 is 2.33 bits per heavy atom. The zero-order chi connectivity index (χ0) is 20.8. The molecule has 0 bridgehead atoms. The summed E-state index contributed by atoms with van der Waals surface area (Å²) < 4.78 is 12.5. The van der Waals surface area contributed by atoms with Crippen LogP contribution in [0.5, 0.6) is 0 Å². The summed E-state index contributed by atoms with van der Waals surface area (Å²) in [5.74, 6) is -0.252. The molecule has 0 aromatic rings. The predicted octanol–water partition coefficient (Wildman–Crippen LogP) is 5.64. The van der Waals surface area contributed by atoms with Crippen molar-refractivity contribution in [3.05, 3.63) is 12.2 Å². The van der Waals surface area contributed by atoms with E-state index in [4.69, 9.17) is 9.16 Å². The highest BCUT2D eigenvalue weighted by molar-refractivity contribution is 6.74. The summed E-state index contributed by atoms with van der Waals surface area (Å²) in [5, 5.41) is 10.5. The van der Waals surface area contributed by atoms with E-state index in [1.165, 1.54) is 0 Å². The third kappa shape index (κ3) is 3.55. The van der Waals surface area contributed by atoms with Gasteiger partial charge in [0.2, 0.25) is 0 Å². The largest absolute Gasteiger partial charge is 0.481 e. The molecule has 5 heteroatoms. The fraction of sp³-hybridized carbons (Fsp3) is 0.864.